The third kappa shape index (κ3) is 6.60. The minimum absolute atomic E-state index is 0.0734. The molecule has 314 valence electrons. The Bertz CT molecular complexity index is 3840. The predicted molar refractivity (Wildman–Crippen MR) is 261 cm³/mol. The molecule has 7 heteroatoms. The lowest BCUT2D eigenvalue weighted by Gasteiger charge is -2.21. The highest BCUT2D eigenvalue weighted by Gasteiger charge is 2.34. The molecule has 0 saturated carbocycles. The fourth-order valence-corrected chi connectivity index (χ4v) is 9.62. The van der Waals surface area contributed by atoms with Crippen molar-refractivity contribution in [2.24, 2.45) is 0 Å². The van der Waals surface area contributed by atoms with E-state index in [2.05, 4.69) is 138 Å². The van der Waals surface area contributed by atoms with Crippen LogP contribution in [0.25, 0.3) is 99.5 Å². The average molecular weight is 859 g/mol. The molecule has 2 aromatic heterocycles. The highest BCUT2D eigenvalue weighted by Crippen LogP contribution is 2.46. The summed E-state index contributed by atoms with van der Waals surface area (Å²) in [6, 6.07) is 64.9. The molecule has 0 spiro atoms. The second-order valence-electron chi connectivity index (χ2n) is 16.8. The van der Waals surface area contributed by atoms with Gasteiger partial charge in [0.2, 0.25) is 0 Å². The van der Waals surface area contributed by atoms with Crippen LogP contribution in [0.1, 0.15) is 27.8 Å². The predicted octanol–water partition coefficient (Wildman–Crippen LogP) is 15.9. The first-order chi connectivity index (χ1) is 32.1. The van der Waals surface area contributed by atoms with Gasteiger partial charge < -0.3 is 9.13 Å². The number of fused-ring (bicyclic) bond motifs is 6. The lowest BCUT2D eigenvalue weighted by molar-refractivity contribution is -0.137. The number of hydrogen-bond acceptors (Lipinski definition) is 2. The van der Waals surface area contributed by atoms with E-state index in [1.54, 1.807) is 18.2 Å². The molecule has 0 N–H and O–H groups in total. The summed E-state index contributed by atoms with van der Waals surface area (Å²) in [4.78, 5) is 0. The maximum atomic E-state index is 15.0. The summed E-state index contributed by atoms with van der Waals surface area (Å²) in [5.41, 5.74) is 12.3. The maximum Gasteiger partial charge on any atom is 0.417 e. The molecular formula is C59H37F3N4. The number of nitriles is 2. The van der Waals surface area contributed by atoms with Gasteiger partial charge in [-0.05, 0) is 120 Å². The number of rotatable bonds is 6. The smallest absolute Gasteiger partial charge is 0.309 e. The largest absolute Gasteiger partial charge is 0.417 e. The third-order valence-electron chi connectivity index (χ3n) is 12.8. The monoisotopic (exact) mass is 858 g/mol. The Morgan fingerprint density at radius 3 is 1.47 bits per heavy atom. The van der Waals surface area contributed by atoms with Crippen LogP contribution in [0.3, 0.4) is 0 Å². The second-order valence-corrected chi connectivity index (χ2v) is 16.8. The summed E-state index contributed by atoms with van der Waals surface area (Å²) in [5, 5.41) is 24.8. The highest BCUT2D eigenvalue weighted by molar-refractivity contribution is 6.13. The van der Waals surface area contributed by atoms with Crippen LogP contribution in [-0.4, -0.2) is 9.13 Å². The van der Waals surface area contributed by atoms with Crippen LogP contribution in [0, 0.1) is 36.5 Å². The van der Waals surface area contributed by atoms with Crippen molar-refractivity contribution < 1.29 is 13.2 Å². The summed E-state index contributed by atoms with van der Waals surface area (Å²) in [7, 11) is 0. The number of alkyl halides is 3. The van der Waals surface area contributed by atoms with Gasteiger partial charge >= 0.3 is 6.18 Å². The maximum absolute atomic E-state index is 15.0. The quantitative estimate of drug-likeness (QED) is 0.167. The van der Waals surface area contributed by atoms with Crippen LogP contribution in [0.2, 0.25) is 0 Å². The van der Waals surface area contributed by atoms with Gasteiger partial charge in [0.15, 0.2) is 0 Å². The Kier molecular flexibility index (Phi) is 9.46. The van der Waals surface area contributed by atoms with Crippen LogP contribution in [0.4, 0.5) is 13.2 Å². The molecule has 0 radical (unpaired) electrons. The summed E-state index contributed by atoms with van der Waals surface area (Å²) < 4.78 is 49.2. The van der Waals surface area contributed by atoms with E-state index in [9.17, 15) is 23.7 Å². The molecule has 9 aromatic carbocycles. The van der Waals surface area contributed by atoms with Gasteiger partial charge in [-0.15, -0.1) is 0 Å². The molecule has 66 heavy (non-hydrogen) atoms. The van der Waals surface area contributed by atoms with E-state index in [1.165, 1.54) is 23.3 Å². The molecular weight excluding hydrogens is 822 g/mol. The summed E-state index contributed by atoms with van der Waals surface area (Å²) >= 11 is 0. The molecule has 0 aliphatic carbocycles. The van der Waals surface area contributed by atoms with Gasteiger partial charge in [0.1, 0.15) is 0 Å². The van der Waals surface area contributed by atoms with Crippen LogP contribution in [0.5, 0.6) is 0 Å². The molecule has 0 atom stereocenters. The summed E-state index contributed by atoms with van der Waals surface area (Å²) in [6.45, 7) is 4.13. The topological polar surface area (TPSA) is 57.4 Å². The molecule has 11 aromatic rings. The van der Waals surface area contributed by atoms with Crippen molar-refractivity contribution in [3.05, 3.63) is 216 Å². The van der Waals surface area contributed by atoms with E-state index in [4.69, 9.17) is 0 Å². The Balaban J connectivity index is 1.23. The van der Waals surface area contributed by atoms with Crippen LogP contribution < -0.4 is 0 Å². The molecule has 0 saturated heterocycles. The Hall–Kier alpha value is -8.65. The summed E-state index contributed by atoms with van der Waals surface area (Å²) in [5.74, 6) is 0. The fraction of sp³-hybridized carbons (Fsp3) is 0.0508. The zero-order valence-corrected chi connectivity index (χ0v) is 35.8. The average Bonchev–Trinajstić information content (AvgIpc) is 3.85. The SMILES string of the molecule is Cc1ccc(-c2ccc3c(c2)c2ccccc2n3-c2ccc(-c3ccc(C#N)cc3C(F)(F)F)cc2-c2c(C#N)cccc2-n2c3ccccc3c3cc(-c4ccc(C)cc4)ccc32)cc1. The molecule has 0 bridgehead atoms. The second kappa shape index (κ2) is 15.6. The minimum Gasteiger partial charge on any atom is -0.309 e. The first-order valence-corrected chi connectivity index (χ1v) is 21.6. The van der Waals surface area contributed by atoms with Crippen molar-refractivity contribution in [2.75, 3.05) is 0 Å². The molecule has 0 aliphatic heterocycles. The van der Waals surface area contributed by atoms with Crippen molar-refractivity contribution in [3.8, 4) is 68.0 Å². The number of benzene rings is 9. The van der Waals surface area contributed by atoms with Crippen LogP contribution in [0.15, 0.2) is 188 Å². The van der Waals surface area contributed by atoms with E-state index in [-0.39, 0.29) is 16.7 Å². The van der Waals surface area contributed by atoms with E-state index in [1.807, 2.05) is 48.5 Å². The molecule has 4 nitrogen and oxygen atoms in total. The van der Waals surface area contributed by atoms with E-state index in [0.29, 0.717) is 28.1 Å². The Labute approximate surface area is 378 Å². The number of aromatic nitrogens is 2. The van der Waals surface area contributed by atoms with Crippen molar-refractivity contribution >= 4 is 43.6 Å². The number of nitrogens with zero attached hydrogens (tertiary/aromatic N) is 4. The van der Waals surface area contributed by atoms with Gasteiger partial charge in [0.05, 0.1) is 62.3 Å². The number of para-hydroxylation sites is 2. The number of hydrogen-bond donors (Lipinski definition) is 0. The third-order valence-corrected chi connectivity index (χ3v) is 12.8. The van der Waals surface area contributed by atoms with Gasteiger partial charge in [-0.2, -0.15) is 23.7 Å². The van der Waals surface area contributed by atoms with Crippen molar-refractivity contribution in [2.45, 2.75) is 20.0 Å². The lowest BCUT2D eigenvalue weighted by Crippen LogP contribution is -2.08. The van der Waals surface area contributed by atoms with Crippen molar-refractivity contribution in [1.29, 1.82) is 10.5 Å². The normalized spacial score (nSPS) is 11.7. The molecule has 0 aliphatic rings. The van der Waals surface area contributed by atoms with Gasteiger partial charge in [-0.3, -0.25) is 0 Å². The standard InChI is InChI=1S/C59H37F3N4/c1-36-14-19-39(20-15-36)41-23-27-54-48(31-41)46-9-3-5-11-52(46)65(54)56-29-25-43(45-26-18-38(34-63)30-51(45)59(60,61)62)33-50(56)58-44(35-64)8-7-13-57(58)66-53-12-6-4-10-47(53)49-32-42(24-28-55(49)66)40-21-16-37(2)17-22-40/h3-33H,1-2H3. The van der Waals surface area contributed by atoms with Gasteiger partial charge in [0.25, 0.3) is 0 Å². The lowest BCUT2D eigenvalue weighted by atomic mass is 9.90. The number of aryl methyl sites for hydroxylation is 2. The van der Waals surface area contributed by atoms with Gasteiger partial charge in [-0.25, -0.2) is 0 Å². The minimum atomic E-state index is -4.75. The molecule has 0 amide bonds. The van der Waals surface area contributed by atoms with Crippen LogP contribution >= 0.6 is 0 Å². The van der Waals surface area contributed by atoms with Gasteiger partial charge in [-0.1, -0.05) is 126 Å². The first kappa shape index (κ1) is 40.1. The Morgan fingerprint density at radius 2 is 0.924 bits per heavy atom. The van der Waals surface area contributed by atoms with Crippen molar-refractivity contribution in [3.63, 3.8) is 0 Å². The van der Waals surface area contributed by atoms with Crippen LogP contribution in [-0.2, 0) is 6.18 Å². The number of halogens is 3. The fourth-order valence-electron chi connectivity index (χ4n) is 9.62. The van der Waals surface area contributed by atoms with Crippen molar-refractivity contribution in [1.82, 2.24) is 9.13 Å². The zero-order chi connectivity index (χ0) is 45.3. The van der Waals surface area contributed by atoms with E-state index in [0.717, 1.165) is 71.9 Å². The highest BCUT2D eigenvalue weighted by atomic mass is 19.4. The molecule has 11 rings (SSSR count). The Morgan fingerprint density at radius 1 is 0.409 bits per heavy atom. The molecule has 2 heterocycles. The molecule has 0 unspecified atom stereocenters. The molecule has 0 fully saturated rings. The first-order valence-electron chi connectivity index (χ1n) is 21.6. The van der Waals surface area contributed by atoms with E-state index < -0.39 is 11.7 Å². The van der Waals surface area contributed by atoms with E-state index >= 15 is 0 Å². The summed E-state index contributed by atoms with van der Waals surface area (Å²) in [6.07, 6.45) is -4.75. The van der Waals surface area contributed by atoms with Gasteiger partial charge in [0, 0.05) is 32.7 Å². The zero-order valence-electron chi connectivity index (χ0n) is 35.8.